The molecule has 0 spiro atoms. The number of nitrogens with one attached hydrogen (secondary N) is 2. The minimum atomic E-state index is -0.871. The molecule has 0 atom stereocenters. The van der Waals surface area contributed by atoms with Gasteiger partial charge in [0.25, 0.3) is 0 Å². The molecule has 26 heavy (non-hydrogen) atoms. The molecular weight excluding hydrogens is 361 g/mol. The van der Waals surface area contributed by atoms with Crippen LogP contribution in [0, 0.1) is 5.82 Å². The molecule has 0 saturated carbocycles. The molecular formula is C18H17ClFN3O3. The number of hydrogen-bond donors (Lipinski definition) is 2. The first-order valence-electron chi connectivity index (χ1n) is 8.04. The number of para-hydroxylation sites is 2. The Morgan fingerprint density at radius 1 is 1.04 bits per heavy atom. The number of carbonyl (C=O) groups excluding carboxylic acids is 2. The van der Waals surface area contributed by atoms with Crippen LogP contribution in [0.15, 0.2) is 42.5 Å². The van der Waals surface area contributed by atoms with Gasteiger partial charge in [-0.15, -0.1) is 0 Å². The molecule has 2 aromatic carbocycles. The molecule has 2 N–H and O–H groups in total. The van der Waals surface area contributed by atoms with Gasteiger partial charge < -0.3 is 20.3 Å². The van der Waals surface area contributed by atoms with Gasteiger partial charge in [0.2, 0.25) is 0 Å². The quantitative estimate of drug-likeness (QED) is 0.807. The topological polar surface area (TPSA) is 70.7 Å². The van der Waals surface area contributed by atoms with E-state index in [1.807, 2.05) is 12.1 Å². The van der Waals surface area contributed by atoms with E-state index in [1.165, 1.54) is 12.1 Å². The molecule has 1 aliphatic heterocycles. The number of amides is 2. The van der Waals surface area contributed by atoms with Crippen LogP contribution < -0.4 is 15.5 Å². The molecule has 0 aromatic heterocycles. The van der Waals surface area contributed by atoms with Gasteiger partial charge >= 0.3 is 11.8 Å². The second kappa shape index (κ2) is 8.16. The second-order valence-electron chi connectivity index (χ2n) is 5.65. The van der Waals surface area contributed by atoms with Crippen LogP contribution in [-0.4, -0.2) is 38.1 Å². The Labute approximate surface area is 154 Å². The van der Waals surface area contributed by atoms with E-state index in [1.54, 1.807) is 12.1 Å². The van der Waals surface area contributed by atoms with Crippen molar-refractivity contribution in [2.24, 2.45) is 0 Å². The lowest BCUT2D eigenvalue weighted by atomic mass is 10.2. The summed E-state index contributed by atoms with van der Waals surface area (Å²) in [5.41, 5.74) is 1.59. The Hall–Kier alpha value is -2.64. The van der Waals surface area contributed by atoms with Crippen molar-refractivity contribution in [1.29, 1.82) is 0 Å². The Balaban J connectivity index is 1.69. The zero-order chi connectivity index (χ0) is 18.5. The summed E-state index contributed by atoms with van der Waals surface area (Å²) in [5, 5.41) is 4.87. The van der Waals surface area contributed by atoms with Gasteiger partial charge in [-0.3, -0.25) is 9.59 Å². The number of nitrogens with zero attached hydrogens (tertiary/aromatic N) is 1. The highest BCUT2D eigenvalue weighted by atomic mass is 35.5. The van der Waals surface area contributed by atoms with E-state index in [0.717, 1.165) is 11.8 Å². The van der Waals surface area contributed by atoms with Gasteiger partial charge in [0.15, 0.2) is 0 Å². The molecule has 1 aliphatic rings. The van der Waals surface area contributed by atoms with Crippen molar-refractivity contribution in [3.05, 3.63) is 53.3 Å². The number of halogens is 2. The molecule has 1 saturated heterocycles. The molecule has 2 aromatic rings. The average molecular weight is 378 g/mol. The monoisotopic (exact) mass is 377 g/mol. The van der Waals surface area contributed by atoms with Crippen LogP contribution in [0.25, 0.3) is 0 Å². The maximum absolute atomic E-state index is 13.2. The van der Waals surface area contributed by atoms with E-state index < -0.39 is 17.6 Å². The second-order valence-corrected chi connectivity index (χ2v) is 6.06. The first-order valence-corrected chi connectivity index (χ1v) is 8.41. The van der Waals surface area contributed by atoms with Crippen LogP contribution >= 0.6 is 11.6 Å². The molecule has 8 heteroatoms. The lowest BCUT2D eigenvalue weighted by Crippen LogP contribution is -2.37. The fourth-order valence-corrected chi connectivity index (χ4v) is 2.78. The third-order valence-corrected chi connectivity index (χ3v) is 4.18. The number of anilines is 3. The minimum Gasteiger partial charge on any atom is -0.378 e. The predicted molar refractivity (Wildman–Crippen MR) is 98.1 cm³/mol. The van der Waals surface area contributed by atoms with Crippen molar-refractivity contribution in [3.8, 4) is 0 Å². The fourth-order valence-electron chi connectivity index (χ4n) is 2.60. The van der Waals surface area contributed by atoms with E-state index in [2.05, 4.69) is 15.5 Å². The first kappa shape index (κ1) is 18.2. The number of benzene rings is 2. The van der Waals surface area contributed by atoms with E-state index in [9.17, 15) is 14.0 Å². The van der Waals surface area contributed by atoms with E-state index in [0.29, 0.717) is 32.0 Å². The standard InChI is InChI=1S/C18H17ClFN3O3/c19-13-11-12(5-6-14(13)20)21-17(24)18(25)22-15-3-1-2-4-16(15)23-7-9-26-10-8-23/h1-6,11H,7-10H2,(H,21,24)(H,22,25). The summed E-state index contributed by atoms with van der Waals surface area (Å²) in [4.78, 5) is 26.4. The molecule has 0 aliphatic carbocycles. The maximum Gasteiger partial charge on any atom is 0.314 e. The van der Waals surface area contributed by atoms with Gasteiger partial charge in [0, 0.05) is 18.8 Å². The van der Waals surface area contributed by atoms with Crippen molar-refractivity contribution >= 4 is 40.5 Å². The summed E-state index contributed by atoms with van der Waals surface area (Å²) >= 11 is 5.67. The highest BCUT2D eigenvalue weighted by molar-refractivity contribution is 6.44. The van der Waals surface area contributed by atoms with E-state index >= 15 is 0 Å². The SMILES string of the molecule is O=C(Nc1ccc(F)c(Cl)c1)C(=O)Nc1ccccc1N1CCOCC1. The van der Waals surface area contributed by atoms with Crippen molar-refractivity contribution in [2.45, 2.75) is 0 Å². The molecule has 0 bridgehead atoms. The van der Waals surface area contributed by atoms with Crippen molar-refractivity contribution < 1.29 is 18.7 Å². The van der Waals surface area contributed by atoms with Gasteiger partial charge in [-0.05, 0) is 30.3 Å². The van der Waals surface area contributed by atoms with Crippen LogP contribution in [-0.2, 0) is 14.3 Å². The number of rotatable bonds is 3. The third-order valence-electron chi connectivity index (χ3n) is 3.89. The lowest BCUT2D eigenvalue weighted by molar-refractivity contribution is -0.132. The fraction of sp³-hybridized carbons (Fsp3) is 0.222. The third kappa shape index (κ3) is 4.30. The van der Waals surface area contributed by atoms with Gasteiger partial charge in [-0.2, -0.15) is 0 Å². The molecule has 3 rings (SSSR count). The Bertz CT molecular complexity index is 825. The highest BCUT2D eigenvalue weighted by Gasteiger charge is 2.19. The first-order chi connectivity index (χ1) is 12.5. The largest absolute Gasteiger partial charge is 0.378 e. The van der Waals surface area contributed by atoms with Crippen LogP contribution in [0.5, 0.6) is 0 Å². The van der Waals surface area contributed by atoms with Crippen molar-refractivity contribution in [2.75, 3.05) is 41.8 Å². The summed E-state index contributed by atoms with van der Waals surface area (Å²) in [5.74, 6) is -2.30. The Morgan fingerprint density at radius 2 is 1.73 bits per heavy atom. The smallest absolute Gasteiger partial charge is 0.314 e. The van der Waals surface area contributed by atoms with Crippen LogP contribution in [0.2, 0.25) is 5.02 Å². The van der Waals surface area contributed by atoms with Gasteiger partial charge in [-0.1, -0.05) is 23.7 Å². The number of morpholine rings is 1. The summed E-state index contributed by atoms with van der Waals surface area (Å²) in [6.45, 7) is 2.61. The summed E-state index contributed by atoms with van der Waals surface area (Å²) in [6, 6.07) is 10.9. The molecule has 1 heterocycles. The summed E-state index contributed by atoms with van der Waals surface area (Å²) in [7, 11) is 0. The molecule has 0 radical (unpaired) electrons. The average Bonchev–Trinajstić information content (AvgIpc) is 2.66. The molecule has 0 unspecified atom stereocenters. The van der Waals surface area contributed by atoms with E-state index in [4.69, 9.17) is 16.3 Å². The normalized spacial score (nSPS) is 14.0. The summed E-state index contributed by atoms with van der Waals surface area (Å²) in [6.07, 6.45) is 0. The molecule has 1 fully saturated rings. The van der Waals surface area contributed by atoms with Gasteiger partial charge in [-0.25, -0.2) is 4.39 Å². The number of hydrogen-bond acceptors (Lipinski definition) is 4. The van der Waals surface area contributed by atoms with Crippen LogP contribution in [0.3, 0.4) is 0 Å². The van der Waals surface area contributed by atoms with Crippen LogP contribution in [0.4, 0.5) is 21.5 Å². The number of ether oxygens (including phenoxy) is 1. The minimum absolute atomic E-state index is 0.138. The molecule has 2 amide bonds. The predicted octanol–water partition coefficient (Wildman–Crippen LogP) is 2.89. The zero-order valence-corrected chi connectivity index (χ0v) is 14.6. The van der Waals surface area contributed by atoms with E-state index in [-0.39, 0.29) is 10.7 Å². The molecule has 136 valence electrons. The summed E-state index contributed by atoms with van der Waals surface area (Å²) < 4.78 is 18.5. The van der Waals surface area contributed by atoms with Crippen molar-refractivity contribution in [1.82, 2.24) is 0 Å². The van der Waals surface area contributed by atoms with Crippen LogP contribution in [0.1, 0.15) is 0 Å². The molecule has 6 nitrogen and oxygen atoms in total. The maximum atomic E-state index is 13.2. The van der Waals surface area contributed by atoms with Crippen molar-refractivity contribution in [3.63, 3.8) is 0 Å². The lowest BCUT2D eigenvalue weighted by Gasteiger charge is -2.30. The van der Waals surface area contributed by atoms with Gasteiger partial charge in [0.05, 0.1) is 29.6 Å². The highest BCUT2D eigenvalue weighted by Crippen LogP contribution is 2.26. The Kier molecular flexibility index (Phi) is 5.70. The zero-order valence-electron chi connectivity index (χ0n) is 13.8. The Morgan fingerprint density at radius 3 is 2.46 bits per heavy atom. The van der Waals surface area contributed by atoms with Gasteiger partial charge in [0.1, 0.15) is 5.82 Å². The number of carbonyl (C=O) groups is 2.